The standard InChI is InChI=1S/C22H25NO5/c1-14-5-8-19(13-20(14)27-4)22(26)28-15(2)21(25)18-9-6-17(7-10-18)11-12-23-16(3)24/h5-10,13,15H,11-12H2,1-4H3,(H,23,24)/t15-/m0/s1. The van der Waals surface area contributed by atoms with Crippen LogP contribution in [-0.2, 0) is 16.0 Å². The van der Waals surface area contributed by atoms with Crippen LogP contribution < -0.4 is 10.1 Å². The largest absolute Gasteiger partial charge is 0.496 e. The third-order valence-electron chi connectivity index (χ3n) is 4.32. The van der Waals surface area contributed by atoms with Crippen molar-refractivity contribution in [2.45, 2.75) is 33.3 Å². The van der Waals surface area contributed by atoms with Gasteiger partial charge in [-0.05, 0) is 43.5 Å². The summed E-state index contributed by atoms with van der Waals surface area (Å²) in [5, 5.41) is 2.73. The zero-order valence-electron chi connectivity index (χ0n) is 16.6. The first-order chi connectivity index (χ1) is 13.3. The van der Waals surface area contributed by atoms with E-state index in [0.29, 0.717) is 29.8 Å². The molecule has 6 heteroatoms. The van der Waals surface area contributed by atoms with E-state index in [4.69, 9.17) is 9.47 Å². The molecule has 28 heavy (non-hydrogen) atoms. The molecule has 1 atom stereocenters. The van der Waals surface area contributed by atoms with Gasteiger partial charge in [0.05, 0.1) is 12.7 Å². The Kier molecular flexibility index (Phi) is 7.32. The molecule has 0 radical (unpaired) electrons. The average molecular weight is 383 g/mol. The van der Waals surface area contributed by atoms with Crippen molar-refractivity contribution in [3.05, 3.63) is 64.7 Å². The lowest BCUT2D eigenvalue weighted by atomic mass is 10.0. The van der Waals surface area contributed by atoms with Crippen LogP contribution in [0.15, 0.2) is 42.5 Å². The van der Waals surface area contributed by atoms with Crippen molar-refractivity contribution in [2.75, 3.05) is 13.7 Å². The molecule has 148 valence electrons. The van der Waals surface area contributed by atoms with E-state index in [-0.39, 0.29) is 11.7 Å². The van der Waals surface area contributed by atoms with Crippen molar-refractivity contribution in [3.63, 3.8) is 0 Å². The number of carbonyl (C=O) groups is 3. The van der Waals surface area contributed by atoms with Crippen LogP contribution in [0.3, 0.4) is 0 Å². The molecule has 0 aliphatic carbocycles. The van der Waals surface area contributed by atoms with Crippen molar-refractivity contribution in [1.29, 1.82) is 0 Å². The molecule has 0 fully saturated rings. The highest BCUT2D eigenvalue weighted by Crippen LogP contribution is 2.20. The summed E-state index contributed by atoms with van der Waals surface area (Å²) in [5.74, 6) is -0.344. The highest BCUT2D eigenvalue weighted by Gasteiger charge is 2.21. The van der Waals surface area contributed by atoms with Crippen LogP contribution in [0.4, 0.5) is 0 Å². The van der Waals surface area contributed by atoms with Gasteiger partial charge in [-0.25, -0.2) is 4.79 Å². The van der Waals surface area contributed by atoms with Crippen molar-refractivity contribution in [2.24, 2.45) is 0 Å². The number of esters is 1. The van der Waals surface area contributed by atoms with Crippen LogP contribution in [0.2, 0.25) is 0 Å². The van der Waals surface area contributed by atoms with Gasteiger partial charge in [0.1, 0.15) is 5.75 Å². The fraction of sp³-hybridized carbons (Fsp3) is 0.318. The highest BCUT2D eigenvalue weighted by molar-refractivity contribution is 6.01. The molecule has 1 N–H and O–H groups in total. The summed E-state index contributed by atoms with van der Waals surface area (Å²) in [6.07, 6.45) is -0.238. The van der Waals surface area contributed by atoms with Gasteiger partial charge >= 0.3 is 5.97 Å². The van der Waals surface area contributed by atoms with Crippen LogP contribution >= 0.6 is 0 Å². The van der Waals surface area contributed by atoms with Crippen LogP contribution in [0.25, 0.3) is 0 Å². The van der Waals surface area contributed by atoms with Gasteiger partial charge in [0.25, 0.3) is 0 Å². The van der Waals surface area contributed by atoms with Gasteiger partial charge < -0.3 is 14.8 Å². The Balaban J connectivity index is 1.98. The summed E-state index contributed by atoms with van der Waals surface area (Å²) in [4.78, 5) is 35.8. The third kappa shape index (κ3) is 5.67. The van der Waals surface area contributed by atoms with Crippen LogP contribution in [-0.4, -0.2) is 37.4 Å². The third-order valence-corrected chi connectivity index (χ3v) is 4.32. The van der Waals surface area contributed by atoms with E-state index in [0.717, 1.165) is 11.1 Å². The number of rotatable bonds is 8. The number of hydrogen-bond donors (Lipinski definition) is 1. The summed E-state index contributed by atoms with van der Waals surface area (Å²) in [7, 11) is 1.53. The van der Waals surface area contributed by atoms with E-state index in [2.05, 4.69) is 5.32 Å². The number of methoxy groups -OCH3 is 1. The average Bonchev–Trinajstić information content (AvgIpc) is 2.68. The van der Waals surface area contributed by atoms with Crippen LogP contribution in [0.5, 0.6) is 5.75 Å². The molecule has 0 saturated carbocycles. The van der Waals surface area contributed by atoms with Gasteiger partial charge in [-0.2, -0.15) is 0 Å². The maximum atomic E-state index is 12.5. The van der Waals surface area contributed by atoms with Gasteiger partial charge in [-0.1, -0.05) is 30.3 Å². The topological polar surface area (TPSA) is 81.7 Å². The lowest BCUT2D eigenvalue weighted by Crippen LogP contribution is -2.24. The Morgan fingerprint density at radius 1 is 1.04 bits per heavy atom. The number of Topliss-reactive ketones (excluding diaryl/α,β-unsaturated/α-hetero) is 1. The summed E-state index contributed by atoms with van der Waals surface area (Å²) < 4.78 is 10.5. The maximum Gasteiger partial charge on any atom is 0.338 e. The van der Waals surface area contributed by atoms with Gasteiger partial charge in [0, 0.05) is 19.0 Å². The fourth-order valence-electron chi connectivity index (χ4n) is 2.68. The predicted molar refractivity (Wildman–Crippen MR) is 106 cm³/mol. The summed E-state index contributed by atoms with van der Waals surface area (Å²) >= 11 is 0. The molecular formula is C22H25NO5. The van der Waals surface area contributed by atoms with E-state index in [1.165, 1.54) is 14.0 Å². The molecule has 0 aliphatic rings. The van der Waals surface area contributed by atoms with Crippen molar-refractivity contribution < 1.29 is 23.9 Å². The number of ether oxygens (including phenoxy) is 2. The van der Waals surface area contributed by atoms with Crippen molar-refractivity contribution >= 4 is 17.7 Å². The number of benzene rings is 2. The number of aryl methyl sites for hydroxylation is 1. The molecule has 0 saturated heterocycles. The molecule has 1 amide bonds. The van der Waals surface area contributed by atoms with Gasteiger partial charge in [0.2, 0.25) is 11.7 Å². The van der Waals surface area contributed by atoms with Gasteiger partial charge in [-0.15, -0.1) is 0 Å². The van der Waals surface area contributed by atoms with E-state index in [1.807, 2.05) is 19.1 Å². The smallest absolute Gasteiger partial charge is 0.338 e. The second kappa shape index (κ2) is 9.69. The number of amides is 1. The van der Waals surface area contributed by atoms with Gasteiger partial charge in [0.15, 0.2) is 6.10 Å². The Bertz CT molecular complexity index is 858. The zero-order valence-corrected chi connectivity index (χ0v) is 16.6. The number of ketones is 1. The number of nitrogens with one attached hydrogen (secondary N) is 1. The minimum atomic E-state index is -0.912. The molecule has 0 spiro atoms. The van der Waals surface area contributed by atoms with Crippen LogP contribution in [0, 0.1) is 6.92 Å². The predicted octanol–water partition coefficient (Wildman–Crippen LogP) is 3.11. The fourth-order valence-corrected chi connectivity index (χ4v) is 2.68. The minimum Gasteiger partial charge on any atom is -0.496 e. The second-order valence-corrected chi connectivity index (χ2v) is 6.53. The second-order valence-electron chi connectivity index (χ2n) is 6.53. The molecule has 2 aromatic carbocycles. The molecular weight excluding hydrogens is 358 g/mol. The Labute approximate surface area is 164 Å². The first kappa shape index (κ1) is 21.2. The monoisotopic (exact) mass is 383 g/mol. The lowest BCUT2D eigenvalue weighted by Gasteiger charge is -2.14. The Morgan fingerprint density at radius 2 is 1.68 bits per heavy atom. The molecule has 2 rings (SSSR count). The number of carbonyl (C=O) groups excluding carboxylic acids is 3. The Morgan fingerprint density at radius 3 is 2.29 bits per heavy atom. The summed E-state index contributed by atoms with van der Waals surface area (Å²) in [6.45, 7) is 5.43. The van der Waals surface area contributed by atoms with Gasteiger partial charge in [-0.3, -0.25) is 9.59 Å². The van der Waals surface area contributed by atoms with Crippen molar-refractivity contribution in [3.8, 4) is 5.75 Å². The first-order valence-corrected chi connectivity index (χ1v) is 9.05. The molecule has 0 bridgehead atoms. The molecule has 0 aromatic heterocycles. The van der Waals surface area contributed by atoms with E-state index in [9.17, 15) is 14.4 Å². The molecule has 0 aliphatic heterocycles. The molecule has 0 unspecified atom stereocenters. The molecule has 6 nitrogen and oxygen atoms in total. The van der Waals surface area contributed by atoms with E-state index >= 15 is 0 Å². The first-order valence-electron chi connectivity index (χ1n) is 9.05. The summed E-state index contributed by atoms with van der Waals surface area (Å²) in [5.41, 5.74) is 2.70. The quantitative estimate of drug-likeness (QED) is 0.559. The molecule has 2 aromatic rings. The highest BCUT2D eigenvalue weighted by atomic mass is 16.5. The van der Waals surface area contributed by atoms with Crippen molar-refractivity contribution in [1.82, 2.24) is 5.32 Å². The maximum absolute atomic E-state index is 12.5. The number of hydrogen-bond acceptors (Lipinski definition) is 5. The van der Waals surface area contributed by atoms with Crippen LogP contribution in [0.1, 0.15) is 45.7 Å². The SMILES string of the molecule is COc1cc(C(=O)O[C@@H](C)C(=O)c2ccc(CCNC(C)=O)cc2)ccc1C. The van der Waals surface area contributed by atoms with E-state index in [1.54, 1.807) is 37.3 Å². The molecule has 0 heterocycles. The van der Waals surface area contributed by atoms with E-state index < -0.39 is 12.1 Å². The lowest BCUT2D eigenvalue weighted by molar-refractivity contribution is -0.118. The zero-order chi connectivity index (χ0) is 20.7. The minimum absolute atomic E-state index is 0.0753. The summed E-state index contributed by atoms with van der Waals surface area (Å²) in [6, 6.07) is 12.1. The normalized spacial score (nSPS) is 11.4. The Hall–Kier alpha value is -3.15.